The summed E-state index contributed by atoms with van der Waals surface area (Å²) >= 11 is 0. The van der Waals surface area contributed by atoms with Crippen molar-refractivity contribution in [3.63, 3.8) is 0 Å². The van der Waals surface area contributed by atoms with E-state index in [1.165, 1.54) is 19.2 Å². The molecule has 0 spiro atoms. The van der Waals surface area contributed by atoms with Crippen molar-refractivity contribution in [1.82, 2.24) is 9.62 Å². The van der Waals surface area contributed by atoms with E-state index < -0.39 is 16.1 Å². The third-order valence-electron chi connectivity index (χ3n) is 4.24. The highest BCUT2D eigenvalue weighted by Gasteiger charge is 2.27. The van der Waals surface area contributed by atoms with Crippen LogP contribution in [-0.2, 0) is 10.0 Å². The van der Waals surface area contributed by atoms with Crippen molar-refractivity contribution < 1.29 is 18.3 Å². The molecule has 7 heteroatoms. The summed E-state index contributed by atoms with van der Waals surface area (Å²) < 4.78 is 31.9. The maximum absolute atomic E-state index is 12.2. The zero-order chi connectivity index (χ0) is 17.0. The molecule has 0 saturated carbocycles. The minimum atomic E-state index is -3.62. The normalized spacial score (nSPS) is 23.8. The van der Waals surface area contributed by atoms with E-state index in [1.807, 2.05) is 0 Å². The molecule has 23 heavy (non-hydrogen) atoms. The van der Waals surface area contributed by atoms with E-state index in [1.54, 1.807) is 12.1 Å². The molecule has 2 rings (SSSR count). The molecule has 1 aromatic carbocycles. The van der Waals surface area contributed by atoms with Crippen LogP contribution < -0.4 is 9.46 Å². The molecule has 130 valence electrons. The molecule has 0 bridgehead atoms. The third-order valence-corrected chi connectivity index (χ3v) is 5.68. The minimum Gasteiger partial charge on any atom is -0.497 e. The zero-order valence-corrected chi connectivity index (χ0v) is 14.7. The van der Waals surface area contributed by atoms with Gasteiger partial charge in [0.15, 0.2) is 0 Å². The molecule has 0 aromatic heterocycles. The minimum absolute atomic E-state index is 0.00592. The highest BCUT2D eigenvalue weighted by molar-refractivity contribution is 7.89. The van der Waals surface area contributed by atoms with E-state index in [9.17, 15) is 13.5 Å². The number of methoxy groups -OCH3 is 1. The van der Waals surface area contributed by atoms with Gasteiger partial charge in [-0.05, 0) is 43.5 Å². The Labute approximate surface area is 138 Å². The zero-order valence-electron chi connectivity index (χ0n) is 13.9. The Morgan fingerprint density at radius 3 is 2.52 bits per heavy atom. The summed E-state index contributed by atoms with van der Waals surface area (Å²) in [5.74, 6) is 1.22. The van der Waals surface area contributed by atoms with Gasteiger partial charge in [-0.2, -0.15) is 0 Å². The molecular formula is C16H26N2O4S. The fraction of sp³-hybridized carbons (Fsp3) is 0.625. The number of sulfonamides is 1. The molecule has 2 N–H and O–H groups in total. The first kappa shape index (κ1) is 18.2. The Bertz CT molecular complexity index is 603. The van der Waals surface area contributed by atoms with Crippen LogP contribution in [0.1, 0.15) is 20.3 Å². The smallest absolute Gasteiger partial charge is 0.240 e. The Hall–Kier alpha value is -1.15. The van der Waals surface area contributed by atoms with Crippen LogP contribution in [0.15, 0.2) is 29.2 Å². The fourth-order valence-corrected chi connectivity index (χ4v) is 4.09. The van der Waals surface area contributed by atoms with Crippen LogP contribution in [0.3, 0.4) is 0 Å². The standard InChI is InChI=1S/C16H26N2O4S/c1-12-8-13(2)18(10-12)11-14(19)9-17-23(20,21)16-6-4-15(22-3)5-7-16/h4-7,12-14,17,19H,8-11H2,1-3H3. The highest BCUT2D eigenvalue weighted by atomic mass is 32.2. The summed E-state index contributed by atoms with van der Waals surface area (Å²) in [4.78, 5) is 2.37. The van der Waals surface area contributed by atoms with Gasteiger partial charge in [-0.15, -0.1) is 0 Å². The first-order valence-electron chi connectivity index (χ1n) is 7.87. The average molecular weight is 342 g/mol. The van der Waals surface area contributed by atoms with E-state index in [0.29, 0.717) is 24.3 Å². The topological polar surface area (TPSA) is 78.9 Å². The molecule has 6 nitrogen and oxygen atoms in total. The van der Waals surface area contributed by atoms with Gasteiger partial charge in [0.25, 0.3) is 0 Å². The lowest BCUT2D eigenvalue weighted by atomic mass is 10.1. The third kappa shape index (κ3) is 4.91. The summed E-state index contributed by atoms with van der Waals surface area (Å²) in [7, 11) is -2.10. The number of nitrogens with zero attached hydrogens (tertiary/aromatic N) is 1. The molecule has 1 aliphatic rings. The summed E-state index contributed by atoms with van der Waals surface area (Å²) in [6.45, 7) is 5.76. The number of hydrogen-bond donors (Lipinski definition) is 2. The fourth-order valence-electron chi connectivity index (χ4n) is 3.02. The number of nitrogens with one attached hydrogen (secondary N) is 1. The predicted octanol–water partition coefficient (Wildman–Crippen LogP) is 1.06. The monoisotopic (exact) mass is 342 g/mol. The van der Waals surface area contributed by atoms with Crippen molar-refractivity contribution in [1.29, 1.82) is 0 Å². The molecule has 3 atom stereocenters. The van der Waals surface area contributed by atoms with E-state index in [2.05, 4.69) is 23.5 Å². The summed E-state index contributed by atoms with van der Waals surface area (Å²) in [6.07, 6.45) is 0.389. The first-order chi connectivity index (χ1) is 10.8. The van der Waals surface area contributed by atoms with Crippen LogP contribution in [0, 0.1) is 5.92 Å². The van der Waals surface area contributed by atoms with Crippen molar-refractivity contribution in [3.8, 4) is 5.75 Å². The number of benzene rings is 1. The Morgan fingerprint density at radius 1 is 1.35 bits per heavy atom. The van der Waals surface area contributed by atoms with Gasteiger partial charge in [0.2, 0.25) is 10.0 Å². The van der Waals surface area contributed by atoms with Crippen molar-refractivity contribution in [2.24, 2.45) is 5.92 Å². The van der Waals surface area contributed by atoms with E-state index in [4.69, 9.17) is 4.74 Å². The quantitative estimate of drug-likeness (QED) is 0.775. The van der Waals surface area contributed by atoms with Gasteiger partial charge in [-0.25, -0.2) is 13.1 Å². The lowest BCUT2D eigenvalue weighted by molar-refractivity contribution is 0.111. The second-order valence-electron chi connectivity index (χ2n) is 6.33. The van der Waals surface area contributed by atoms with Gasteiger partial charge in [0.1, 0.15) is 5.75 Å². The van der Waals surface area contributed by atoms with E-state index >= 15 is 0 Å². The predicted molar refractivity (Wildman–Crippen MR) is 89.0 cm³/mol. The van der Waals surface area contributed by atoms with Crippen molar-refractivity contribution in [3.05, 3.63) is 24.3 Å². The van der Waals surface area contributed by atoms with Crippen LogP contribution in [0.4, 0.5) is 0 Å². The molecule has 1 fully saturated rings. The maximum Gasteiger partial charge on any atom is 0.240 e. The first-order valence-corrected chi connectivity index (χ1v) is 9.36. The Kier molecular flexibility index (Phi) is 6.02. The van der Waals surface area contributed by atoms with Crippen LogP contribution in [0.5, 0.6) is 5.75 Å². The molecule has 1 heterocycles. The molecule has 0 aliphatic carbocycles. The van der Waals surface area contributed by atoms with Gasteiger partial charge in [-0.1, -0.05) is 6.92 Å². The van der Waals surface area contributed by atoms with Gasteiger partial charge < -0.3 is 9.84 Å². The van der Waals surface area contributed by atoms with E-state index in [0.717, 1.165) is 13.0 Å². The number of ether oxygens (including phenoxy) is 1. The second kappa shape index (κ2) is 7.61. The number of aliphatic hydroxyl groups is 1. The Balaban J connectivity index is 1.88. The maximum atomic E-state index is 12.2. The van der Waals surface area contributed by atoms with E-state index in [-0.39, 0.29) is 11.4 Å². The van der Waals surface area contributed by atoms with Crippen LogP contribution in [-0.4, -0.2) is 57.3 Å². The molecule has 0 amide bonds. The molecule has 0 radical (unpaired) electrons. The average Bonchev–Trinajstić information content (AvgIpc) is 2.83. The lowest BCUT2D eigenvalue weighted by Crippen LogP contribution is -2.41. The largest absolute Gasteiger partial charge is 0.497 e. The SMILES string of the molecule is COc1ccc(S(=O)(=O)NCC(O)CN2CC(C)CC2C)cc1. The van der Waals surface area contributed by atoms with Gasteiger partial charge in [0, 0.05) is 25.7 Å². The highest BCUT2D eigenvalue weighted by Crippen LogP contribution is 2.22. The molecule has 1 saturated heterocycles. The van der Waals surface area contributed by atoms with Crippen molar-refractivity contribution in [2.75, 3.05) is 26.7 Å². The van der Waals surface area contributed by atoms with Crippen molar-refractivity contribution in [2.45, 2.75) is 37.3 Å². The summed E-state index contributed by atoms with van der Waals surface area (Å²) in [5.41, 5.74) is 0. The Morgan fingerprint density at radius 2 is 2.00 bits per heavy atom. The number of likely N-dealkylation sites (tertiary alicyclic amines) is 1. The summed E-state index contributed by atoms with van der Waals surface area (Å²) in [5, 5.41) is 10.1. The number of aliphatic hydroxyl groups excluding tert-OH is 1. The van der Waals surface area contributed by atoms with Crippen molar-refractivity contribution >= 4 is 10.0 Å². The second-order valence-corrected chi connectivity index (χ2v) is 8.09. The molecule has 1 aromatic rings. The van der Waals surface area contributed by atoms with Gasteiger partial charge >= 0.3 is 0 Å². The molecule has 1 aliphatic heterocycles. The number of rotatable bonds is 7. The van der Waals surface area contributed by atoms with Crippen LogP contribution >= 0.6 is 0 Å². The van der Waals surface area contributed by atoms with Gasteiger partial charge in [0.05, 0.1) is 18.1 Å². The number of hydrogen-bond acceptors (Lipinski definition) is 5. The number of β-amino-alcohol motifs (C(OH)–C–C–N with tert-alkyl or cyclic N) is 1. The van der Waals surface area contributed by atoms with Gasteiger partial charge in [-0.3, -0.25) is 4.90 Å². The summed E-state index contributed by atoms with van der Waals surface area (Å²) in [6, 6.07) is 6.59. The van der Waals surface area contributed by atoms with Crippen LogP contribution in [0.2, 0.25) is 0 Å². The molecule has 3 unspecified atom stereocenters. The lowest BCUT2D eigenvalue weighted by Gasteiger charge is -2.24. The molecular weight excluding hydrogens is 316 g/mol. The van der Waals surface area contributed by atoms with Crippen LogP contribution in [0.25, 0.3) is 0 Å².